The number of nitrogens with zero attached hydrogens (tertiary/aromatic N) is 4. The van der Waals surface area contributed by atoms with Gasteiger partial charge in [0.1, 0.15) is 0 Å². The lowest BCUT2D eigenvalue weighted by molar-refractivity contribution is 0.254. The van der Waals surface area contributed by atoms with Crippen molar-refractivity contribution in [3.05, 3.63) is 65.5 Å². The van der Waals surface area contributed by atoms with Gasteiger partial charge in [-0.1, -0.05) is 30.3 Å². The Morgan fingerprint density at radius 1 is 1.07 bits per heavy atom. The normalized spacial score (nSPS) is 14.7. The maximum atomic E-state index is 9.56. The van der Waals surface area contributed by atoms with Crippen LogP contribution in [0, 0.1) is 6.57 Å². The number of anilines is 2. The van der Waals surface area contributed by atoms with Crippen molar-refractivity contribution in [3.8, 4) is 0 Å². The largest absolute Gasteiger partial charge is 0.392 e. The average Bonchev–Trinajstić information content (AvgIpc) is 2.77. The predicted octanol–water partition coefficient (Wildman–Crippen LogP) is 3.77. The summed E-state index contributed by atoms with van der Waals surface area (Å²) >= 11 is 0. The van der Waals surface area contributed by atoms with E-state index in [9.17, 15) is 5.11 Å². The Kier molecular flexibility index (Phi) is 7.30. The quantitative estimate of drug-likeness (QED) is 0.709. The number of aliphatic hydroxyl groups is 1. The molecule has 0 spiro atoms. The first-order valence-corrected chi connectivity index (χ1v) is 10.1. The highest BCUT2D eigenvalue weighted by atomic mass is 16.3. The van der Waals surface area contributed by atoms with E-state index in [2.05, 4.69) is 38.6 Å². The maximum Gasteiger partial charge on any atom is 0.189 e. The molecule has 0 atom stereocenters. The molecule has 0 unspecified atom stereocenters. The molecule has 5 heteroatoms. The zero-order chi connectivity index (χ0) is 19.8. The van der Waals surface area contributed by atoms with E-state index in [1.54, 1.807) is 0 Å². The predicted molar refractivity (Wildman–Crippen MR) is 116 cm³/mol. The monoisotopic (exact) mass is 378 g/mol. The van der Waals surface area contributed by atoms with Crippen LogP contribution in [0.5, 0.6) is 0 Å². The molecule has 0 amide bonds. The van der Waals surface area contributed by atoms with Crippen molar-refractivity contribution in [2.24, 2.45) is 0 Å². The summed E-state index contributed by atoms with van der Waals surface area (Å²) in [6, 6.07) is 16.0. The molecule has 5 nitrogen and oxygen atoms in total. The lowest BCUT2D eigenvalue weighted by atomic mass is 10.1. The summed E-state index contributed by atoms with van der Waals surface area (Å²) in [5.74, 6) is 0. The van der Waals surface area contributed by atoms with Crippen LogP contribution in [0.3, 0.4) is 0 Å². The van der Waals surface area contributed by atoms with Crippen molar-refractivity contribution in [1.82, 2.24) is 4.90 Å². The third kappa shape index (κ3) is 5.03. The first-order chi connectivity index (χ1) is 13.7. The molecule has 0 bridgehead atoms. The van der Waals surface area contributed by atoms with Gasteiger partial charge in [-0.25, -0.2) is 4.85 Å². The highest BCUT2D eigenvalue weighted by molar-refractivity contribution is 5.58. The van der Waals surface area contributed by atoms with Gasteiger partial charge in [0.05, 0.1) is 13.2 Å². The second kappa shape index (κ2) is 10.1. The minimum absolute atomic E-state index is 0.0952. The lowest BCUT2D eigenvalue weighted by Crippen LogP contribution is -2.47. The number of hydrogen-bond donors (Lipinski definition) is 1. The van der Waals surface area contributed by atoms with Crippen molar-refractivity contribution in [2.75, 3.05) is 55.6 Å². The van der Waals surface area contributed by atoms with E-state index in [1.165, 1.54) is 5.69 Å². The smallest absolute Gasteiger partial charge is 0.189 e. The Balaban J connectivity index is 1.47. The lowest BCUT2D eigenvalue weighted by Gasteiger charge is -2.37. The standard InChI is InChI=1S/C23H30N4O/c1-3-26(22-10-6-9-21(18-22)24-2)13-7-12-25-14-16-27(17-15-25)23-11-5-4-8-20(23)19-28/h4-6,8-11,18,28H,3,7,12-17,19H2,1H3. The van der Waals surface area contributed by atoms with E-state index >= 15 is 0 Å². The minimum Gasteiger partial charge on any atom is -0.392 e. The Hall–Kier alpha value is -2.55. The van der Waals surface area contributed by atoms with Gasteiger partial charge in [-0.3, -0.25) is 4.90 Å². The summed E-state index contributed by atoms with van der Waals surface area (Å²) in [6.07, 6.45) is 1.11. The summed E-state index contributed by atoms with van der Waals surface area (Å²) in [4.78, 5) is 10.8. The van der Waals surface area contributed by atoms with Crippen LogP contribution in [0.25, 0.3) is 4.85 Å². The molecule has 0 aromatic heterocycles. The number of benzene rings is 2. The fourth-order valence-corrected chi connectivity index (χ4v) is 3.88. The van der Waals surface area contributed by atoms with Crippen molar-refractivity contribution in [3.63, 3.8) is 0 Å². The van der Waals surface area contributed by atoms with E-state index < -0.39 is 0 Å². The molecule has 1 N–H and O–H groups in total. The molecular weight excluding hydrogens is 348 g/mol. The van der Waals surface area contributed by atoms with Crippen LogP contribution in [0.1, 0.15) is 18.9 Å². The second-order valence-electron chi connectivity index (χ2n) is 7.18. The minimum atomic E-state index is 0.0952. The number of aliphatic hydroxyl groups excluding tert-OH is 1. The molecule has 0 saturated carbocycles. The number of hydrogen-bond acceptors (Lipinski definition) is 4. The summed E-state index contributed by atoms with van der Waals surface area (Å²) in [5.41, 5.74) is 4.02. The van der Waals surface area contributed by atoms with Gasteiger partial charge in [-0.15, -0.1) is 0 Å². The number of rotatable bonds is 8. The van der Waals surface area contributed by atoms with Crippen molar-refractivity contribution in [1.29, 1.82) is 0 Å². The molecule has 2 aromatic rings. The summed E-state index contributed by atoms with van der Waals surface area (Å²) in [5, 5.41) is 9.56. The SMILES string of the molecule is [C-]#[N+]c1cccc(N(CC)CCCN2CCN(c3ccccc3CO)CC2)c1. The van der Waals surface area contributed by atoms with Gasteiger partial charge in [0.25, 0.3) is 0 Å². The summed E-state index contributed by atoms with van der Waals surface area (Å²) in [6.45, 7) is 16.6. The van der Waals surface area contributed by atoms with Gasteiger partial charge in [-0.2, -0.15) is 0 Å². The van der Waals surface area contributed by atoms with Crippen LogP contribution >= 0.6 is 0 Å². The maximum absolute atomic E-state index is 9.56. The highest BCUT2D eigenvalue weighted by Gasteiger charge is 2.18. The van der Waals surface area contributed by atoms with Gasteiger partial charge in [-0.05, 0) is 38.1 Å². The fourth-order valence-electron chi connectivity index (χ4n) is 3.88. The zero-order valence-electron chi connectivity index (χ0n) is 16.7. The Morgan fingerprint density at radius 2 is 1.86 bits per heavy atom. The molecule has 148 valence electrons. The molecule has 1 fully saturated rings. The Morgan fingerprint density at radius 3 is 2.57 bits per heavy atom. The Bertz CT molecular complexity index is 793. The summed E-state index contributed by atoms with van der Waals surface area (Å²) < 4.78 is 0. The van der Waals surface area contributed by atoms with Crippen LogP contribution in [-0.4, -0.2) is 55.8 Å². The average molecular weight is 379 g/mol. The first kappa shape index (κ1) is 20.2. The molecule has 28 heavy (non-hydrogen) atoms. The van der Waals surface area contributed by atoms with E-state index in [-0.39, 0.29) is 6.61 Å². The van der Waals surface area contributed by atoms with Crippen LogP contribution in [0.15, 0.2) is 48.5 Å². The zero-order valence-corrected chi connectivity index (χ0v) is 16.7. The van der Waals surface area contributed by atoms with Gasteiger partial charge < -0.3 is 14.9 Å². The van der Waals surface area contributed by atoms with Crippen LogP contribution in [0.2, 0.25) is 0 Å². The van der Waals surface area contributed by atoms with Gasteiger partial charge in [0.2, 0.25) is 0 Å². The number of para-hydroxylation sites is 1. The highest BCUT2D eigenvalue weighted by Crippen LogP contribution is 2.23. The van der Waals surface area contributed by atoms with E-state index in [0.29, 0.717) is 5.69 Å². The second-order valence-corrected chi connectivity index (χ2v) is 7.18. The molecule has 1 saturated heterocycles. The number of piperazine rings is 1. The van der Waals surface area contributed by atoms with Gasteiger partial charge >= 0.3 is 0 Å². The van der Waals surface area contributed by atoms with Crippen LogP contribution in [0.4, 0.5) is 17.1 Å². The molecule has 0 radical (unpaired) electrons. The van der Waals surface area contributed by atoms with E-state index in [4.69, 9.17) is 6.57 Å². The Labute approximate surface area is 168 Å². The molecule has 2 aromatic carbocycles. The summed E-state index contributed by atoms with van der Waals surface area (Å²) in [7, 11) is 0. The van der Waals surface area contributed by atoms with E-state index in [0.717, 1.165) is 63.5 Å². The third-order valence-corrected chi connectivity index (χ3v) is 5.48. The molecule has 1 aliphatic heterocycles. The van der Waals surface area contributed by atoms with Gasteiger partial charge in [0.15, 0.2) is 5.69 Å². The van der Waals surface area contributed by atoms with E-state index in [1.807, 2.05) is 36.4 Å². The van der Waals surface area contributed by atoms with Crippen molar-refractivity contribution < 1.29 is 5.11 Å². The van der Waals surface area contributed by atoms with Crippen molar-refractivity contribution in [2.45, 2.75) is 20.0 Å². The molecule has 3 rings (SSSR count). The first-order valence-electron chi connectivity index (χ1n) is 10.1. The molecule has 0 aliphatic carbocycles. The van der Waals surface area contributed by atoms with Crippen LogP contribution < -0.4 is 9.80 Å². The molecule has 1 aliphatic rings. The van der Waals surface area contributed by atoms with Crippen LogP contribution in [-0.2, 0) is 6.61 Å². The topological polar surface area (TPSA) is 34.3 Å². The third-order valence-electron chi connectivity index (χ3n) is 5.48. The fraction of sp³-hybridized carbons (Fsp3) is 0.435. The molecular formula is C23H30N4O. The van der Waals surface area contributed by atoms with Gasteiger partial charge in [0, 0.05) is 56.2 Å². The van der Waals surface area contributed by atoms with Crippen molar-refractivity contribution >= 4 is 17.1 Å². The molecule has 1 heterocycles.